The van der Waals surface area contributed by atoms with Crippen LogP contribution in [0.15, 0.2) is 64.6 Å². The first kappa shape index (κ1) is 27.8. The van der Waals surface area contributed by atoms with Gasteiger partial charge in [0.05, 0.1) is 35.9 Å². The summed E-state index contributed by atoms with van der Waals surface area (Å²) in [5.41, 5.74) is 1.21. The van der Waals surface area contributed by atoms with Gasteiger partial charge in [0, 0.05) is 25.2 Å². The molecular formula is C27H23ClFN5O4S2. The maximum atomic E-state index is 13.6. The molecule has 0 spiro atoms. The van der Waals surface area contributed by atoms with Gasteiger partial charge >= 0.3 is 6.09 Å². The molecule has 13 heteroatoms. The van der Waals surface area contributed by atoms with Crippen LogP contribution in [0.5, 0.6) is 0 Å². The number of fused-ring (bicyclic) bond motifs is 1. The summed E-state index contributed by atoms with van der Waals surface area (Å²) in [6.07, 6.45) is 1.33. The van der Waals surface area contributed by atoms with Crippen LogP contribution in [-0.4, -0.2) is 49.7 Å². The standard InChI is InChI=1S/C27H23ClFN5O4S2/c1-2-30-27(35)38-19-11-17(31-14-19)6-8-20-13-23-25(39-20)26(33-15-32-23)34-18-7-9-24(22(28)12-18)40(36,37)21-5-3-4-16(29)10-21/h3-5,7,9-10,12-13,15,17,19,31H,2,11,14H2,1H3,(H,30,35)(H,32,33,34). The second-order valence-electron chi connectivity index (χ2n) is 8.80. The Morgan fingerprint density at radius 3 is 2.88 bits per heavy atom. The molecule has 5 rings (SSSR count). The summed E-state index contributed by atoms with van der Waals surface area (Å²) in [5, 5.41) is 9.01. The van der Waals surface area contributed by atoms with Crippen molar-refractivity contribution in [3.8, 4) is 11.8 Å². The summed E-state index contributed by atoms with van der Waals surface area (Å²) >= 11 is 7.76. The lowest BCUT2D eigenvalue weighted by atomic mass is 10.2. The lowest BCUT2D eigenvalue weighted by Crippen LogP contribution is -2.29. The Morgan fingerprint density at radius 2 is 2.10 bits per heavy atom. The van der Waals surface area contributed by atoms with E-state index >= 15 is 0 Å². The normalized spacial score (nSPS) is 16.8. The van der Waals surface area contributed by atoms with Crippen molar-refractivity contribution in [2.45, 2.75) is 35.3 Å². The van der Waals surface area contributed by atoms with Crippen LogP contribution in [0.2, 0.25) is 5.02 Å². The molecule has 2 unspecified atom stereocenters. The van der Waals surface area contributed by atoms with E-state index in [1.165, 1.54) is 48.0 Å². The number of amides is 1. The number of anilines is 2. The van der Waals surface area contributed by atoms with Gasteiger partial charge < -0.3 is 15.4 Å². The van der Waals surface area contributed by atoms with Crippen molar-refractivity contribution in [2.24, 2.45) is 0 Å². The zero-order valence-electron chi connectivity index (χ0n) is 21.1. The summed E-state index contributed by atoms with van der Waals surface area (Å²) < 4.78 is 45.7. The highest BCUT2D eigenvalue weighted by atomic mass is 35.5. The number of benzene rings is 2. The van der Waals surface area contributed by atoms with Crippen LogP contribution in [0.3, 0.4) is 0 Å². The smallest absolute Gasteiger partial charge is 0.407 e. The number of nitrogens with one attached hydrogen (secondary N) is 3. The number of rotatable bonds is 6. The first-order valence-electron chi connectivity index (χ1n) is 12.2. The number of sulfone groups is 1. The molecule has 1 aliphatic rings. The molecule has 0 bridgehead atoms. The van der Waals surface area contributed by atoms with Crippen LogP contribution in [-0.2, 0) is 14.6 Å². The second-order valence-corrected chi connectivity index (χ2v) is 12.2. The summed E-state index contributed by atoms with van der Waals surface area (Å²) in [6.45, 7) is 2.87. The first-order chi connectivity index (χ1) is 19.2. The number of aromatic nitrogens is 2. The average molecular weight is 600 g/mol. The maximum absolute atomic E-state index is 13.6. The highest BCUT2D eigenvalue weighted by molar-refractivity contribution is 7.91. The van der Waals surface area contributed by atoms with Crippen LogP contribution in [0.4, 0.5) is 20.7 Å². The number of nitrogens with zero attached hydrogens (tertiary/aromatic N) is 2. The lowest BCUT2D eigenvalue weighted by molar-refractivity contribution is 0.107. The van der Waals surface area contributed by atoms with E-state index in [0.29, 0.717) is 36.5 Å². The number of halogens is 2. The Bertz CT molecular complexity index is 1750. The lowest BCUT2D eigenvalue weighted by Gasteiger charge is -2.10. The number of carbonyl (C=O) groups excluding carboxylic acids is 1. The zero-order valence-corrected chi connectivity index (χ0v) is 23.5. The van der Waals surface area contributed by atoms with Crippen molar-refractivity contribution in [2.75, 3.05) is 18.4 Å². The van der Waals surface area contributed by atoms with E-state index in [1.54, 1.807) is 6.07 Å². The maximum Gasteiger partial charge on any atom is 0.407 e. The van der Waals surface area contributed by atoms with Gasteiger partial charge in [-0.1, -0.05) is 29.5 Å². The molecule has 1 fully saturated rings. The first-order valence-corrected chi connectivity index (χ1v) is 14.9. The molecule has 2 aromatic heterocycles. The predicted molar refractivity (Wildman–Crippen MR) is 151 cm³/mol. The number of hydrogen-bond acceptors (Lipinski definition) is 9. The van der Waals surface area contributed by atoms with Gasteiger partial charge in [0.25, 0.3) is 0 Å². The van der Waals surface area contributed by atoms with Gasteiger partial charge in [-0.25, -0.2) is 27.6 Å². The van der Waals surface area contributed by atoms with Crippen molar-refractivity contribution in [3.05, 3.63) is 70.6 Å². The molecule has 206 valence electrons. The Balaban J connectivity index is 1.31. The highest BCUT2D eigenvalue weighted by Crippen LogP contribution is 2.34. The topological polar surface area (TPSA) is 122 Å². The average Bonchev–Trinajstić information content (AvgIpc) is 3.54. The van der Waals surface area contributed by atoms with Crippen LogP contribution in [0.1, 0.15) is 18.2 Å². The molecule has 1 saturated heterocycles. The third kappa shape index (κ3) is 6.18. The fourth-order valence-corrected chi connectivity index (χ4v) is 6.84. The Hall–Kier alpha value is -3.76. The van der Waals surface area contributed by atoms with Gasteiger partial charge in [-0.05, 0) is 49.4 Å². The van der Waals surface area contributed by atoms with E-state index in [2.05, 4.69) is 37.8 Å². The Morgan fingerprint density at radius 1 is 1.25 bits per heavy atom. The molecule has 4 aromatic rings. The van der Waals surface area contributed by atoms with Crippen molar-refractivity contribution >= 4 is 60.6 Å². The van der Waals surface area contributed by atoms with Crippen molar-refractivity contribution in [1.29, 1.82) is 0 Å². The van der Waals surface area contributed by atoms with Gasteiger partial charge in [0.15, 0.2) is 5.82 Å². The number of hydrogen-bond donors (Lipinski definition) is 3. The van der Waals surface area contributed by atoms with E-state index in [-0.39, 0.29) is 27.0 Å². The van der Waals surface area contributed by atoms with Gasteiger partial charge in [-0.15, -0.1) is 11.3 Å². The van der Waals surface area contributed by atoms with E-state index < -0.39 is 21.7 Å². The Labute approximate surface area is 239 Å². The number of thiophene rings is 1. The molecule has 3 heterocycles. The van der Waals surface area contributed by atoms with Gasteiger partial charge in [0.1, 0.15) is 18.2 Å². The third-order valence-electron chi connectivity index (χ3n) is 5.96. The van der Waals surface area contributed by atoms with Crippen LogP contribution < -0.4 is 16.0 Å². The molecule has 9 nitrogen and oxygen atoms in total. The second kappa shape index (κ2) is 11.8. The number of carbonyl (C=O) groups is 1. The van der Waals surface area contributed by atoms with Crippen LogP contribution in [0, 0.1) is 17.7 Å². The molecule has 1 amide bonds. The molecule has 0 saturated carbocycles. The van der Waals surface area contributed by atoms with Gasteiger partial charge in [-0.3, -0.25) is 5.32 Å². The van der Waals surface area contributed by atoms with Crippen molar-refractivity contribution in [3.63, 3.8) is 0 Å². The van der Waals surface area contributed by atoms with Crippen LogP contribution in [0.25, 0.3) is 10.2 Å². The predicted octanol–water partition coefficient (Wildman–Crippen LogP) is 4.89. The minimum Gasteiger partial charge on any atom is -0.445 e. The fraction of sp³-hybridized carbons (Fsp3) is 0.222. The van der Waals surface area contributed by atoms with Crippen LogP contribution >= 0.6 is 22.9 Å². The fourth-order valence-electron chi connectivity index (χ4n) is 4.10. The third-order valence-corrected chi connectivity index (χ3v) is 9.24. The highest BCUT2D eigenvalue weighted by Gasteiger charge is 2.26. The van der Waals surface area contributed by atoms with E-state index in [9.17, 15) is 17.6 Å². The summed E-state index contributed by atoms with van der Waals surface area (Å²) in [5.74, 6) is 6.19. The summed E-state index contributed by atoms with van der Waals surface area (Å²) in [7, 11) is -4.01. The minimum absolute atomic E-state index is 0.0178. The minimum atomic E-state index is -4.01. The molecule has 1 aliphatic heterocycles. The molecule has 2 aromatic carbocycles. The van der Waals surface area contributed by atoms with Crippen molar-refractivity contribution in [1.82, 2.24) is 20.6 Å². The molecule has 3 N–H and O–H groups in total. The quantitative estimate of drug-likeness (QED) is 0.268. The largest absolute Gasteiger partial charge is 0.445 e. The molecule has 40 heavy (non-hydrogen) atoms. The summed E-state index contributed by atoms with van der Waals surface area (Å²) in [4.78, 5) is 20.8. The zero-order chi connectivity index (χ0) is 28.3. The van der Waals surface area contributed by atoms with E-state index in [4.69, 9.17) is 16.3 Å². The molecule has 0 radical (unpaired) electrons. The SMILES string of the molecule is CCNC(=O)OC1CNC(C#Cc2cc3ncnc(Nc4ccc(S(=O)(=O)c5cccc(F)c5)c(Cl)c4)c3s2)C1. The molecule has 0 aliphatic carbocycles. The number of ether oxygens (including phenoxy) is 1. The van der Waals surface area contributed by atoms with E-state index in [1.807, 2.05) is 13.0 Å². The van der Waals surface area contributed by atoms with Gasteiger partial charge in [-0.2, -0.15) is 0 Å². The van der Waals surface area contributed by atoms with Crippen molar-refractivity contribution < 1.29 is 22.3 Å². The molecule has 2 atom stereocenters. The van der Waals surface area contributed by atoms with Gasteiger partial charge in [0.2, 0.25) is 9.84 Å². The Kier molecular flexibility index (Phi) is 8.18. The number of alkyl carbamates (subject to hydrolysis) is 1. The monoisotopic (exact) mass is 599 g/mol. The van der Waals surface area contributed by atoms with E-state index in [0.717, 1.165) is 15.6 Å². The summed E-state index contributed by atoms with van der Waals surface area (Å²) in [6, 6.07) is 10.9. The molecular weight excluding hydrogens is 577 g/mol.